The zero-order chi connectivity index (χ0) is 13.8. The molecule has 0 aliphatic heterocycles. The first-order valence-corrected chi connectivity index (χ1v) is 7.27. The second-order valence-corrected chi connectivity index (χ2v) is 5.81. The lowest BCUT2D eigenvalue weighted by Gasteiger charge is -2.25. The molecule has 1 aliphatic carbocycles. The molecule has 0 radical (unpaired) electrons. The monoisotopic (exact) mass is 267 g/mol. The zero-order valence-corrected chi connectivity index (χ0v) is 11.8. The molecule has 0 aromatic heterocycles. The fourth-order valence-electron chi connectivity index (χ4n) is 3.13. The molecule has 106 valence electrons. The van der Waals surface area contributed by atoms with E-state index in [1.54, 1.807) is 0 Å². The first-order valence-electron chi connectivity index (χ1n) is 7.27. The summed E-state index contributed by atoms with van der Waals surface area (Å²) in [6.45, 7) is 4.18. The van der Waals surface area contributed by atoms with Crippen LogP contribution >= 0.6 is 0 Å². The van der Waals surface area contributed by atoms with Crippen LogP contribution < -0.4 is 5.32 Å². The maximum Gasteiger partial charge on any atom is 0.129 e. The molecule has 1 aromatic carbocycles. The van der Waals surface area contributed by atoms with Crippen LogP contribution in [0.3, 0.4) is 0 Å². The van der Waals surface area contributed by atoms with Gasteiger partial charge in [0.25, 0.3) is 0 Å². The van der Waals surface area contributed by atoms with Gasteiger partial charge in [0.15, 0.2) is 0 Å². The van der Waals surface area contributed by atoms with Gasteiger partial charge in [-0.15, -0.1) is 0 Å². The van der Waals surface area contributed by atoms with Crippen molar-refractivity contribution in [3.05, 3.63) is 35.4 Å². The van der Waals surface area contributed by atoms with E-state index in [9.17, 15) is 8.78 Å². The fourth-order valence-corrected chi connectivity index (χ4v) is 3.13. The summed E-state index contributed by atoms with van der Waals surface area (Å²) in [5, 5.41) is 3.49. The second kappa shape index (κ2) is 6.47. The maximum absolute atomic E-state index is 13.6. The molecule has 1 N–H and O–H groups in total. The molecule has 0 bridgehead atoms. The summed E-state index contributed by atoms with van der Waals surface area (Å²) in [4.78, 5) is 0. The summed E-state index contributed by atoms with van der Waals surface area (Å²) in [5.74, 6) is -0.169. The first-order chi connectivity index (χ1) is 9.08. The minimum atomic E-state index is -0.442. The van der Waals surface area contributed by atoms with Gasteiger partial charge in [-0.1, -0.05) is 18.9 Å². The Balaban J connectivity index is 1.91. The molecule has 0 saturated heterocycles. The van der Waals surface area contributed by atoms with Gasteiger partial charge in [0.05, 0.1) is 0 Å². The third-order valence-electron chi connectivity index (χ3n) is 4.23. The number of halogens is 2. The highest BCUT2D eigenvalue weighted by Gasteiger charge is 2.23. The predicted octanol–water partition coefficient (Wildman–Crippen LogP) is 4.06. The van der Waals surface area contributed by atoms with E-state index in [4.69, 9.17) is 0 Å². The fraction of sp³-hybridized carbons (Fsp3) is 0.625. The van der Waals surface area contributed by atoms with Crippen molar-refractivity contribution in [2.45, 2.75) is 58.0 Å². The molecule has 1 aliphatic rings. The van der Waals surface area contributed by atoms with Gasteiger partial charge in [-0.25, -0.2) is 8.78 Å². The Bertz CT molecular complexity index is 393. The molecule has 19 heavy (non-hydrogen) atoms. The van der Waals surface area contributed by atoms with Gasteiger partial charge in [-0.2, -0.15) is 0 Å². The summed E-state index contributed by atoms with van der Waals surface area (Å²) in [5.41, 5.74) is 0.195. The van der Waals surface area contributed by atoms with Crippen LogP contribution in [0, 0.1) is 17.6 Å². The molecule has 0 amide bonds. The summed E-state index contributed by atoms with van der Waals surface area (Å²) in [6, 6.07) is 4.57. The van der Waals surface area contributed by atoms with Crippen LogP contribution in [0.5, 0.6) is 0 Å². The molecule has 0 heterocycles. The van der Waals surface area contributed by atoms with E-state index >= 15 is 0 Å². The number of hydrogen-bond acceptors (Lipinski definition) is 1. The van der Waals surface area contributed by atoms with Gasteiger partial charge in [-0.05, 0) is 51.2 Å². The molecule has 1 aromatic rings. The predicted molar refractivity (Wildman–Crippen MR) is 74.1 cm³/mol. The van der Waals surface area contributed by atoms with Gasteiger partial charge in [0, 0.05) is 17.6 Å². The lowest BCUT2D eigenvalue weighted by atomic mass is 9.97. The van der Waals surface area contributed by atoms with E-state index in [0.717, 1.165) is 0 Å². The Hall–Kier alpha value is -0.960. The van der Waals surface area contributed by atoms with Crippen molar-refractivity contribution >= 4 is 0 Å². The maximum atomic E-state index is 13.6. The standard InChI is InChI=1S/C16H23F2N/c1-11(19-12(2)13-6-3-4-7-13)10-14-15(17)8-5-9-16(14)18/h5,8-9,11-13,19H,3-4,6-7,10H2,1-2H3. The molecule has 2 atom stereocenters. The molecule has 0 spiro atoms. The second-order valence-electron chi connectivity index (χ2n) is 5.81. The van der Waals surface area contributed by atoms with Crippen molar-refractivity contribution in [3.63, 3.8) is 0 Å². The van der Waals surface area contributed by atoms with E-state index in [-0.39, 0.29) is 11.6 Å². The first kappa shape index (κ1) is 14.4. The third-order valence-corrected chi connectivity index (χ3v) is 4.23. The van der Waals surface area contributed by atoms with Gasteiger partial charge >= 0.3 is 0 Å². The van der Waals surface area contributed by atoms with Crippen molar-refractivity contribution in [3.8, 4) is 0 Å². The van der Waals surface area contributed by atoms with E-state index in [2.05, 4.69) is 12.2 Å². The van der Waals surface area contributed by atoms with Gasteiger partial charge in [-0.3, -0.25) is 0 Å². The molecule has 1 fully saturated rings. The Morgan fingerprint density at radius 3 is 2.32 bits per heavy atom. The van der Waals surface area contributed by atoms with Crippen LogP contribution in [0.2, 0.25) is 0 Å². The number of hydrogen-bond donors (Lipinski definition) is 1. The normalized spacial score (nSPS) is 19.6. The average molecular weight is 267 g/mol. The highest BCUT2D eigenvalue weighted by molar-refractivity contribution is 5.20. The molecule has 3 heteroatoms. The van der Waals surface area contributed by atoms with Gasteiger partial charge < -0.3 is 5.32 Å². The molecular formula is C16H23F2N. The minimum Gasteiger partial charge on any atom is -0.311 e. The summed E-state index contributed by atoms with van der Waals surface area (Å²) >= 11 is 0. The molecular weight excluding hydrogens is 244 g/mol. The third kappa shape index (κ3) is 3.75. The van der Waals surface area contributed by atoms with Crippen molar-refractivity contribution in [2.24, 2.45) is 5.92 Å². The smallest absolute Gasteiger partial charge is 0.129 e. The largest absolute Gasteiger partial charge is 0.311 e. The SMILES string of the molecule is CC(Cc1c(F)cccc1F)NC(C)C1CCCC1. The van der Waals surface area contributed by atoms with Gasteiger partial charge in [0.1, 0.15) is 11.6 Å². The summed E-state index contributed by atoms with van der Waals surface area (Å²) in [7, 11) is 0. The van der Waals surface area contributed by atoms with Crippen LogP contribution in [0.25, 0.3) is 0 Å². The van der Waals surface area contributed by atoms with Crippen molar-refractivity contribution in [1.82, 2.24) is 5.32 Å². The topological polar surface area (TPSA) is 12.0 Å². The Morgan fingerprint density at radius 1 is 1.16 bits per heavy atom. The van der Waals surface area contributed by atoms with Crippen LogP contribution in [-0.4, -0.2) is 12.1 Å². The van der Waals surface area contributed by atoms with Crippen LogP contribution in [0.1, 0.15) is 45.1 Å². The van der Waals surface area contributed by atoms with Crippen LogP contribution in [-0.2, 0) is 6.42 Å². The Morgan fingerprint density at radius 2 is 1.74 bits per heavy atom. The minimum absolute atomic E-state index is 0.0852. The number of nitrogens with one attached hydrogen (secondary N) is 1. The van der Waals surface area contributed by atoms with E-state index in [1.807, 2.05) is 6.92 Å². The molecule has 2 rings (SSSR count). The quantitative estimate of drug-likeness (QED) is 0.848. The van der Waals surface area contributed by atoms with Crippen molar-refractivity contribution in [1.29, 1.82) is 0 Å². The van der Waals surface area contributed by atoms with Gasteiger partial charge in [0.2, 0.25) is 0 Å². The average Bonchev–Trinajstić information content (AvgIpc) is 2.88. The Kier molecular flexibility index (Phi) is 4.92. The zero-order valence-electron chi connectivity index (χ0n) is 11.8. The van der Waals surface area contributed by atoms with E-state index < -0.39 is 11.6 Å². The summed E-state index contributed by atoms with van der Waals surface area (Å²) in [6.07, 6.45) is 5.57. The molecule has 1 nitrogen and oxygen atoms in total. The highest BCUT2D eigenvalue weighted by Crippen LogP contribution is 2.27. The molecule has 2 unspecified atom stereocenters. The van der Waals surface area contributed by atoms with Crippen molar-refractivity contribution < 1.29 is 8.78 Å². The van der Waals surface area contributed by atoms with Crippen LogP contribution in [0.4, 0.5) is 8.78 Å². The highest BCUT2D eigenvalue weighted by atomic mass is 19.1. The van der Waals surface area contributed by atoms with Crippen molar-refractivity contribution in [2.75, 3.05) is 0 Å². The number of rotatable bonds is 5. The lowest BCUT2D eigenvalue weighted by molar-refractivity contribution is 0.345. The molecule has 1 saturated carbocycles. The Labute approximate surface area is 114 Å². The number of benzene rings is 1. The van der Waals surface area contributed by atoms with Crippen LogP contribution in [0.15, 0.2) is 18.2 Å². The van der Waals surface area contributed by atoms with E-state index in [0.29, 0.717) is 18.4 Å². The summed E-state index contributed by atoms with van der Waals surface area (Å²) < 4.78 is 27.2. The lowest BCUT2D eigenvalue weighted by Crippen LogP contribution is -2.40. The van der Waals surface area contributed by atoms with E-state index in [1.165, 1.54) is 43.9 Å².